The Kier molecular flexibility index (Phi) is 5.74. The van der Waals surface area contributed by atoms with Gasteiger partial charge in [-0.15, -0.1) is 0 Å². The van der Waals surface area contributed by atoms with E-state index in [1.165, 1.54) is 11.1 Å². The Labute approximate surface area is 144 Å². The minimum atomic E-state index is 0.000239. The number of aryl methyl sites for hydroxylation is 1. The van der Waals surface area contributed by atoms with Gasteiger partial charge >= 0.3 is 6.03 Å². The summed E-state index contributed by atoms with van der Waals surface area (Å²) in [6.07, 6.45) is 2.28. The van der Waals surface area contributed by atoms with E-state index in [2.05, 4.69) is 43.4 Å². The zero-order valence-electron chi connectivity index (χ0n) is 14.7. The first-order valence-corrected chi connectivity index (χ1v) is 8.96. The molecular weight excluding hydrogens is 304 g/mol. The van der Waals surface area contributed by atoms with E-state index in [1.807, 2.05) is 4.90 Å². The van der Waals surface area contributed by atoms with Crippen LogP contribution in [0, 0.1) is 6.92 Å². The summed E-state index contributed by atoms with van der Waals surface area (Å²) in [5.41, 5.74) is 2.50. The number of urea groups is 1. The Hall–Kier alpha value is -1.59. The van der Waals surface area contributed by atoms with Crippen LogP contribution in [0.15, 0.2) is 24.3 Å². The van der Waals surface area contributed by atoms with Gasteiger partial charge in [-0.1, -0.05) is 36.8 Å². The van der Waals surface area contributed by atoms with Crippen molar-refractivity contribution in [3.63, 3.8) is 0 Å². The molecule has 2 aliphatic rings. The van der Waals surface area contributed by atoms with Crippen molar-refractivity contribution in [2.75, 3.05) is 32.8 Å². The largest absolute Gasteiger partial charge is 0.375 e. The van der Waals surface area contributed by atoms with E-state index >= 15 is 0 Å². The van der Waals surface area contributed by atoms with Crippen LogP contribution < -0.4 is 5.32 Å². The first-order valence-electron chi connectivity index (χ1n) is 8.96. The molecule has 0 saturated carbocycles. The topological polar surface area (TPSA) is 50.8 Å². The summed E-state index contributed by atoms with van der Waals surface area (Å²) in [6, 6.07) is 8.49. The Bertz CT molecular complexity index is 540. The second-order valence-corrected chi connectivity index (χ2v) is 6.90. The van der Waals surface area contributed by atoms with E-state index in [0.717, 1.165) is 19.4 Å². The number of ether oxygens (including phenoxy) is 2. The van der Waals surface area contributed by atoms with Gasteiger partial charge in [-0.05, 0) is 31.2 Å². The molecular formula is C19H28N2O3. The van der Waals surface area contributed by atoms with Gasteiger partial charge in [0, 0.05) is 19.7 Å². The summed E-state index contributed by atoms with van der Waals surface area (Å²) in [6.45, 7) is 7.53. The van der Waals surface area contributed by atoms with Crippen LogP contribution >= 0.6 is 0 Å². The molecule has 0 aromatic heterocycles. The van der Waals surface area contributed by atoms with Crippen molar-refractivity contribution in [3.8, 4) is 0 Å². The van der Waals surface area contributed by atoms with E-state index in [4.69, 9.17) is 9.47 Å². The maximum absolute atomic E-state index is 12.5. The first-order chi connectivity index (χ1) is 11.6. The number of morpholine rings is 1. The first kappa shape index (κ1) is 17.2. The van der Waals surface area contributed by atoms with Gasteiger partial charge in [0.05, 0.1) is 19.3 Å². The van der Waals surface area contributed by atoms with E-state index in [-0.39, 0.29) is 18.2 Å². The fraction of sp³-hybridized carbons (Fsp3) is 0.632. The van der Waals surface area contributed by atoms with Crippen LogP contribution in [0.1, 0.15) is 36.8 Å². The van der Waals surface area contributed by atoms with E-state index in [9.17, 15) is 4.79 Å². The van der Waals surface area contributed by atoms with Gasteiger partial charge in [-0.2, -0.15) is 0 Å². The molecule has 1 N–H and O–H groups in total. The van der Waals surface area contributed by atoms with Gasteiger partial charge in [-0.25, -0.2) is 4.79 Å². The summed E-state index contributed by atoms with van der Waals surface area (Å²) < 4.78 is 11.5. The fourth-order valence-corrected chi connectivity index (χ4v) is 3.35. The quantitative estimate of drug-likeness (QED) is 0.922. The molecule has 3 rings (SSSR count). The molecule has 1 aromatic rings. The minimum absolute atomic E-state index is 0.000239. The van der Waals surface area contributed by atoms with E-state index < -0.39 is 0 Å². The van der Waals surface area contributed by atoms with Gasteiger partial charge in [-0.3, -0.25) is 0 Å². The molecule has 3 atom stereocenters. The SMILES string of the molecule is Cc1ccc([C@H](C)CNC(=O)N2CCO[C@@H]([C@H]3CCCO3)C2)cc1. The average Bonchev–Trinajstić information content (AvgIpc) is 3.15. The van der Waals surface area contributed by atoms with Gasteiger partial charge < -0.3 is 19.7 Å². The van der Waals surface area contributed by atoms with E-state index in [0.29, 0.717) is 32.2 Å². The highest BCUT2D eigenvalue weighted by Gasteiger charge is 2.32. The van der Waals surface area contributed by atoms with Crippen molar-refractivity contribution in [1.82, 2.24) is 10.2 Å². The molecule has 0 aliphatic carbocycles. The molecule has 0 bridgehead atoms. The average molecular weight is 332 g/mol. The number of carbonyl (C=O) groups is 1. The number of amides is 2. The van der Waals surface area contributed by atoms with Crippen LogP contribution in [0.5, 0.6) is 0 Å². The standard InChI is InChI=1S/C19H28N2O3/c1-14-5-7-16(8-6-14)15(2)12-20-19(22)21-9-11-24-18(13-21)17-4-3-10-23-17/h5-8,15,17-18H,3-4,9-13H2,1-2H3,(H,20,22)/t15-,17-,18-/m1/s1. The number of rotatable bonds is 4. The van der Waals surface area contributed by atoms with Crippen molar-refractivity contribution in [1.29, 1.82) is 0 Å². The summed E-state index contributed by atoms with van der Waals surface area (Å²) in [5, 5.41) is 3.07. The maximum atomic E-state index is 12.5. The maximum Gasteiger partial charge on any atom is 0.317 e. The number of hydrogen-bond acceptors (Lipinski definition) is 3. The second-order valence-electron chi connectivity index (χ2n) is 6.90. The molecule has 2 heterocycles. The van der Waals surface area contributed by atoms with Crippen LogP contribution in [-0.2, 0) is 9.47 Å². The monoisotopic (exact) mass is 332 g/mol. The third kappa shape index (κ3) is 4.28. The molecule has 5 heteroatoms. The molecule has 5 nitrogen and oxygen atoms in total. The number of carbonyl (C=O) groups excluding carboxylic acids is 1. The van der Waals surface area contributed by atoms with Gasteiger partial charge in [0.15, 0.2) is 0 Å². The lowest BCUT2D eigenvalue weighted by atomic mass is 10.0. The summed E-state index contributed by atoms with van der Waals surface area (Å²) in [4.78, 5) is 14.3. The van der Waals surface area contributed by atoms with E-state index in [1.54, 1.807) is 0 Å². The number of nitrogens with zero attached hydrogens (tertiary/aromatic N) is 1. The number of nitrogens with one attached hydrogen (secondary N) is 1. The predicted molar refractivity (Wildman–Crippen MR) is 93.3 cm³/mol. The lowest BCUT2D eigenvalue weighted by Gasteiger charge is -2.35. The van der Waals surface area contributed by atoms with Crippen LogP contribution in [0.3, 0.4) is 0 Å². The third-order valence-corrected chi connectivity index (χ3v) is 4.97. The zero-order valence-corrected chi connectivity index (χ0v) is 14.7. The van der Waals surface area contributed by atoms with Crippen molar-refractivity contribution in [3.05, 3.63) is 35.4 Å². The van der Waals surface area contributed by atoms with Gasteiger partial charge in [0.1, 0.15) is 6.10 Å². The fourth-order valence-electron chi connectivity index (χ4n) is 3.35. The van der Waals surface area contributed by atoms with Crippen molar-refractivity contribution in [2.45, 2.75) is 44.8 Å². The van der Waals surface area contributed by atoms with Crippen LogP contribution in [0.2, 0.25) is 0 Å². The summed E-state index contributed by atoms with van der Waals surface area (Å²) >= 11 is 0. The van der Waals surface area contributed by atoms with Gasteiger partial charge in [0.2, 0.25) is 0 Å². The minimum Gasteiger partial charge on any atom is -0.375 e. The van der Waals surface area contributed by atoms with Crippen LogP contribution in [0.4, 0.5) is 4.79 Å². The molecule has 1 aromatic carbocycles. The normalized spacial score (nSPS) is 25.5. The second kappa shape index (κ2) is 7.99. The van der Waals surface area contributed by atoms with Crippen LogP contribution in [0.25, 0.3) is 0 Å². The molecule has 0 spiro atoms. The Balaban J connectivity index is 1.48. The van der Waals surface area contributed by atoms with Crippen LogP contribution in [-0.4, -0.2) is 56.0 Å². The van der Waals surface area contributed by atoms with Crippen molar-refractivity contribution >= 4 is 6.03 Å². The lowest BCUT2D eigenvalue weighted by Crippen LogP contribution is -2.53. The Morgan fingerprint density at radius 3 is 2.71 bits per heavy atom. The molecule has 0 radical (unpaired) electrons. The highest BCUT2D eigenvalue weighted by atomic mass is 16.5. The highest BCUT2D eigenvalue weighted by molar-refractivity contribution is 5.74. The van der Waals surface area contributed by atoms with Gasteiger partial charge in [0.25, 0.3) is 0 Å². The zero-order chi connectivity index (χ0) is 16.9. The highest BCUT2D eigenvalue weighted by Crippen LogP contribution is 2.21. The molecule has 2 aliphatic heterocycles. The Morgan fingerprint density at radius 1 is 1.25 bits per heavy atom. The summed E-state index contributed by atoms with van der Waals surface area (Å²) in [7, 11) is 0. The lowest BCUT2D eigenvalue weighted by molar-refractivity contribution is -0.0848. The smallest absolute Gasteiger partial charge is 0.317 e. The molecule has 2 saturated heterocycles. The molecule has 24 heavy (non-hydrogen) atoms. The molecule has 2 amide bonds. The van der Waals surface area contributed by atoms with Crippen molar-refractivity contribution in [2.24, 2.45) is 0 Å². The molecule has 2 fully saturated rings. The number of benzene rings is 1. The third-order valence-electron chi connectivity index (χ3n) is 4.97. The molecule has 0 unspecified atom stereocenters. The predicted octanol–water partition coefficient (Wildman–Crippen LogP) is 2.69. The number of hydrogen-bond donors (Lipinski definition) is 1. The van der Waals surface area contributed by atoms with Crippen molar-refractivity contribution < 1.29 is 14.3 Å². The molecule has 132 valence electrons. The Morgan fingerprint density at radius 2 is 2.00 bits per heavy atom. The summed E-state index contributed by atoms with van der Waals surface area (Å²) in [5.74, 6) is 0.296.